The smallest absolute Gasteiger partial charge is 0.337 e. The maximum Gasteiger partial charge on any atom is 0.337 e. The van der Waals surface area contributed by atoms with Gasteiger partial charge in [0.2, 0.25) is 0 Å². The predicted molar refractivity (Wildman–Crippen MR) is 116 cm³/mol. The molecular formula is C16H30O14S3. The molecule has 196 valence electrons. The van der Waals surface area contributed by atoms with Crippen LogP contribution in [0.15, 0.2) is 0 Å². The van der Waals surface area contributed by atoms with Crippen molar-refractivity contribution in [2.75, 3.05) is 38.8 Å². The summed E-state index contributed by atoms with van der Waals surface area (Å²) in [5.74, 6) is -5.58. The molecule has 0 radical (unpaired) electrons. The van der Waals surface area contributed by atoms with Crippen molar-refractivity contribution in [3.05, 3.63) is 0 Å². The van der Waals surface area contributed by atoms with E-state index in [1.54, 1.807) is 0 Å². The molecule has 0 fully saturated rings. The van der Waals surface area contributed by atoms with E-state index >= 15 is 0 Å². The third kappa shape index (κ3) is 12.2. The number of ether oxygens (including phenoxy) is 2. The van der Waals surface area contributed by atoms with Crippen molar-refractivity contribution in [1.82, 2.24) is 0 Å². The first-order valence-electron chi connectivity index (χ1n) is 9.23. The Labute approximate surface area is 200 Å². The largest absolute Gasteiger partial charge is 0.464 e. The summed E-state index contributed by atoms with van der Waals surface area (Å²) in [5.41, 5.74) is -1.67. The van der Waals surface area contributed by atoms with Crippen molar-refractivity contribution in [2.45, 2.75) is 42.6 Å². The van der Waals surface area contributed by atoms with Crippen LogP contribution in [-0.4, -0.2) is 137 Å². The molecule has 0 aromatic heterocycles. The van der Waals surface area contributed by atoms with Gasteiger partial charge in [0.25, 0.3) is 5.97 Å². The molecule has 5 atom stereocenters. The summed E-state index contributed by atoms with van der Waals surface area (Å²) in [6, 6.07) is 0. The highest BCUT2D eigenvalue weighted by Gasteiger charge is 2.38. The van der Waals surface area contributed by atoms with E-state index in [1.807, 2.05) is 0 Å². The topological polar surface area (TPSA) is 255 Å². The second-order valence-electron chi connectivity index (χ2n) is 7.05. The first-order valence-corrected chi connectivity index (χ1v) is 12.9. The van der Waals surface area contributed by atoms with Crippen LogP contribution < -0.4 is 0 Å². The van der Waals surface area contributed by atoms with Crippen molar-refractivity contribution in [3.63, 3.8) is 0 Å². The molecular weight excluding hydrogens is 512 g/mol. The van der Waals surface area contributed by atoms with E-state index in [-0.39, 0.29) is 0 Å². The summed E-state index contributed by atoms with van der Waals surface area (Å²) in [4.78, 5) is 24.0. The third-order valence-electron chi connectivity index (χ3n) is 4.02. The van der Waals surface area contributed by atoms with E-state index < -0.39 is 91.8 Å². The van der Waals surface area contributed by atoms with Crippen molar-refractivity contribution in [2.24, 2.45) is 5.41 Å². The molecule has 0 spiro atoms. The molecule has 0 amide bonds. The molecule has 0 aromatic rings. The number of hydrogen-bond acceptors (Lipinski definition) is 17. The highest BCUT2D eigenvalue weighted by atomic mass is 33.5. The number of aliphatic hydroxyl groups excluding tert-OH is 7. The molecule has 33 heavy (non-hydrogen) atoms. The molecule has 10 N–H and O–H groups in total. The molecule has 0 aliphatic rings. The van der Waals surface area contributed by atoms with Gasteiger partial charge in [-0.3, -0.25) is 4.79 Å². The van der Waals surface area contributed by atoms with Gasteiger partial charge in [-0.1, -0.05) is 21.6 Å². The van der Waals surface area contributed by atoms with Crippen LogP contribution in [0, 0.1) is 5.41 Å². The van der Waals surface area contributed by atoms with E-state index in [0.29, 0.717) is 0 Å². The monoisotopic (exact) mass is 542 g/mol. The Kier molecular flexibility index (Phi) is 15.4. The number of carbonyl (C=O) groups excluding carboxylic acids is 2. The Hall–Kier alpha value is -0.410. The van der Waals surface area contributed by atoms with Gasteiger partial charge in [0.15, 0.2) is 6.10 Å². The fraction of sp³-hybridized carbons (Fsp3) is 0.875. The van der Waals surface area contributed by atoms with Gasteiger partial charge in [0.1, 0.15) is 36.8 Å². The van der Waals surface area contributed by atoms with Crippen LogP contribution in [0.4, 0.5) is 0 Å². The Morgan fingerprint density at radius 2 is 1.39 bits per heavy atom. The maximum atomic E-state index is 12.1. The minimum Gasteiger partial charge on any atom is -0.464 e. The molecule has 0 saturated carbocycles. The van der Waals surface area contributed by atoms with E-state index in [9.17, 15) is 40.2 Å². The van der Waals surface area contributed by atoms with E-state index in [2.05, 4.69) is 0 Å². The van der Waals surface area contributed by atoms with E-state index in [0.717, 1.165) is 31.4 Å². The summed E-state index contributed by atoms with van der Waals surface area (Å²) in [6.45, 7) is -2.49. The normalized spacial score (nSPS) is 17.1. The molecule has 1 unspecified atom stereocenters. The van der Waals surface area contributed by atoms with Crippen molar-refractivity contribution < 1.29 is 70.1 Å². The summed E-state index contributed by atoms with van der Waals surface area (Å²) in [6.07, 6.45) is -8.46. The lowest BCUT2D eigenvalue weighted by Crippen LogP contribution is -2.50. The van der Waals surface area contributed by atoms with Gasteiger partial charge in [-0.15, -0.1) is 0 Å². The molecule has 0 aromatic carbocycles. The zero-order valence-corrected chi connectivity index (χ0v) is 19.9. The number of esters is 2. The standard InChI is InChI=1S/C16H30O14S3/c1-8(32-33-31-7-16(26,27)28)13(24)29-5-15(3-18,4-19)6-30-14(25)12(23)11(22)10(21)9(20)2-17/h8-12,17-23,26-28H,2-7H2,1H3/t8?,9-,10-,11+,12-/m1/s1. The molecule has 0 aliphatic heterocycles. The van der Waals surface area contributed by atoms with Crippen LogP contribution in [0.5, 0.6) is 0 Å². The number of aliphatic hydroxyl groups is 10. The summed E-state index contributed by atoms with van der Waals surface area (Å²) >= 11 is 0. The van der Waals surface area contributed by atoms with Crippen LogP contribution >= 0.6 is 31.4 Å². The van der Waals surface area contributed by atoms with Gasteiger partial charge in [-0.05, 0) is 16.7 Å². The second-order valence-corrected chi connectivity index (χ2v) is 11.5. The quantitative estimate of drug-likeness (QED) is 0.0360. The number of rotatable bonds is 17. The fourth-order valence-corrected chi connectivity index (χ4v) is 5.71. The average molecular weight is 543 g/mol. The minimum atomic E-state index is -2.86. The Bertz CT molecular complexity index is 585. The molecule has 0 bridgehead atoms. The molecule has 14 nitrogen and oxygen atoms in total. The average Bonchev–Trinajstić information content (AvgIpc) is 2.79. The van der Waals surface area contributed by atoms with Crippen LogP contribution in [0.1, 0.15) is 6.92 Å². The van der Waals surface area contributed by atoms with Gasteiger partial charge in [-0.25, -0.2) is 4.79 Å². The lowest BCUT2D eigenvalue weighted by molar-refractivity contribution is -0.293. The lowest BCUT2D eigenvalue weighted by atomic mass is 9.92. The molecule has 0 saturated heterocycles. The molecule has 0 heterocycles. The van der Waals surface area contributed by atoms with E-state index in [4.69, 9.17) is 29.9 Å². The fourth-order valence-electron chi connectivity index (χ4n) is 1.82. The second kappa shape index (κ2) is 15.6. The van der Waals surface area contributed by atoms with Crippen LogP contribution in [0.25, 0.3) is 0 Å². The van der Waals surface area contributed by atoms with Crippen molar-refractivity contribution >= 4 is 43.4 Å². The van der Waals surface area contributed by atoms with Crippen molar-refractivity contribution in [3.8, 4) is 0 Å². The Balaban J connectivity index is 4.74. The third-order valence-corrected chi connectivity index (χ3v) is 8.50. The number of carbonyl (C=O) groups is 2. The Morgan fingerprint density at radius 3 is 1.85 bits per heavy atom. The van der Waals surface area contributed by atoms with E-state index in [1.165, 1.54) is 6.92 Å². The summed E-state index contributed by atoms with van der Waals surface area (Å²) in [7, 11) is 2.78. The van der Waals surface area contributed by atoms with Gasteiger partial charge in [0, 0.05) is 0 Å². The van der Waals surface area contributed by atoms with Crippen LogP contribution in [0.3, 0.4) is 0 Å². The van der Waals surface area contributed by atoms with Gasteiger partial charge < -0.3 is 60.5 Å². The Morgan fingerprint density at radius 1 is 0.879 bits per heavy atom. The molecule has 0 rings (SSSR count). The lowest BCUT2D eigenvalue weighted by Gasteiger charge is -2.30. The zero-order valence-electron chi connectivity index (χ0n) is 17.5. The first-order chi connectivity index (χ1) is 15.2. The van der Waals surface area contributed by atoms with Crippen molar-refractivity contribution in [1.29, 1.82) is 0 Å². The van der Waals surface area contributed by atoms with Gasteiger partial charge in [-0.2, -0.15) is 0 Å². The SMILES string of the molecule is CC(SSSCC(O)(O)O)C(=O)OCC(CO)(CO)COC(=O)[C@H](O)[C@@H](O)[C@H](O)[C@H](O)CO. The maximum absolute atomic E-state index is 12.1. The highest BCUT2D eigenvalue weighted by molar-refractivity contribution is 9.09. The van der Waals surface area contributed by atoms with Gasteiger partial charge >= 0.3 is 11.9 Å². The molecule has 0 aliphatic carbocycles. The first kappa shape index (κ1) is 32.6. The minimum absolute atomic E-state index is 0.452. The van der Waals surface area contributed by atoms with Crippen LogP contribution in [0.2, 0.25) is 0 Å². The van der Waals surface area contributed by atoms with Crippen LogP contribution in [-0.2, 0) is 19.1 Å². The highest BCUT2D eigenvalue weighted by Crippen LogP contribution is 2.39. The van der Waals surface area contributed by atoms with Gasteiger partial charge in [0.05, 0.1) is 31.0 Å². The number of hydrogen-bond donors (Lipinski definition) is 10. The molecule has 17 heteroatoms. The predicted octanol–water partition coefficient (Wildman–Crippen LogP) is -4.47. The zero-order chi connectivity index (χ0) is 25.8. The summed E-state index contributed by atoms with van der Waals surface area (Å²) in [5, 5.41) is 91.6. The summed E-state index contributed by atoms with van der Waals surface area (Å²) < 4.78 is 9.76.